The largest absolute Gasteiger partial charge is 0.417 e. The normalized spacial score (nSPS) is 12.5. The zero-order valence-corrected chi connectivity index (χ0v) is 23.9. The molecule has 1 N–H and O–H groups in total. The number of halogens is 5. The average Bonchev–Trinajstić information content (AvgIpc) is 2.89. The molecule has 0 saturated carbocycles. The van der Waals surface area contributed by atoms with Crippen LogP contribution in [0.25, 0.3) is 0 Å². The van der Waals surface area contributed by atoms with Gasteiger partial charge in [-0.1, -0.05) is 57.9 Å². The molecule has 0 fully saturated rings. The van der Waals surface area contributed by atoms with E-state index in [1.807, 2.05) is 0 Å². The van der Waals surface area contributed by atoms with E-state index in [9.17, 15) is 31.2 Å². The summed E-state index contributed by atoms with van der Waals surface area (Å²) in [6.07, 6.45) is -4.88. The van der Waals surface area contributed by atoms with Crippen molar-refractivity contribution in [2.24, 2.45) is 0 Å². The van der Waals surface area contributed by atoms with E-state index < -0.39 is 56.9 Å². The molecular weight excluding hydrogens is 623 g/mol. The molecule has 208 valence electrons. The van der Waals surface area contributed by atoms with Gasteiger partial charge in [-0.05, 0) is 55.0 Å². The quantitative estimate of drug-likeness (QED) is 0.334. The summed E-state index contributed by atoms with van der Waals surface area (Å²) in [6.45, 7) is 0.515. The van der Waals surface area contributed by atoms with E-state index in [0.29, 0.717) is 20.4 Å². The zero-order valence-electron chi connectivity index (χ0n) is 20.7. The Kier molecular flexibility index (Phi) is 9.68. The number of likely N-dealkylation sites (N-methyl/N-ethyl adjacent to an activating group) is 1. The summed E-state index contributed by atoms with van der Waals surface area (Å²) in [4.78, 5) is 27.1. The maximum absolute atomic E-state index is 13.7. The lowest BCUT2D eigenvalue weighted by Crippen LogP contribution is -2.50. The number of carbonyl (C=O) groups is 2. The highest BCUT2D eigenvalue weighted by Gasteiger charge is 2.36. The van der Waals surface area contributed by atoms with Crippen LogP contribution in [0.2, 0.25) is 5.02 Å². The standard InChI is InChI=1S/C26H24BrClF3N3O4S/c1-17(25(36)32-2)33(15-18-7-6-8-19(27)13-18)24(35)16-34(39(37,38)21-9-4-3-5-10-21)20-11-12-23(28)22(14-20)26(29,30)31/h3-14,17H,15-16H2,1-2H3,(H,32,36)/t17-/m0/s1. The second-order valence-electron chi connectivity index (χ2n) is 8.43. The van der Waals surface area contributed by atoms with Crippen LogP contribution in [0.3, 0.4) is 0 Å². The molecule has 0 unspecified atom stereocenters. The molecule has 3 rings (SSSR count). The Morgan fingerprint density at radius 2 is 1.69 bits per heavy atom. The van der Waals surface area contributed by atoms with Gasteiger partial charge in [0.1, 0.15) is 12.6 Å². The topological polar surface area (TPSA) is 86.8 Å². The Morgan fingerprint density at radius 1 is 1.03 bits per heavy atom. The molecule has 3 aromatic carbocycles. The highest BCUT2D eigenvalue weighted by atomic mass is 79.9. The second-order valence-corrected chi connectivity index (χ2v) is 11.6. The molecule has 0 bridgehead atoms. The Labute approximate surface area is 237 Å². The average molecular weight is 647 g/mol. The summed E-state index contributed by atoms with van der Waals surface area (Å²) < 4.78 is 69.5. The number of anilines is 1. The molecule has 0 radical (unpaired) electrons. The Bertz CT molecular complexity index is 1460. The molecule has 0 aromatic heterocycles. The van der Waals surface area contributed by atoms with Crippen molar-refractivity contribution in [3.8, 4) is 0 Å². The van der Waals surface area contributed by atoms with Crippen LogP contribution in [0, 0.1) is 0 Å². The first-order valence-electron chi connectivity index (χ1n) is 11.5. The number of rotatable bonds is 9. The van der Waals surface area contributed by atoms with Gasteiger partial charge in [-0.25, -0.2) is 8.42 Å². The number of nitrogens with one attached hydrogen (secondary N) is 1. The molecule has 13 heteroatoms. The number of sulfonamides is 1. The molecular formula is C26H24BrClF3N3O4S. The van der Waals surface area contributed by atoms with Gasteiger partial charge in [0.25, 0.3) is 10.0 Å². The van der Waals surface area contributed by atoms with Gasteiger partial charge in [-0.2, -0.15) is 13.2 Å². The fourth-order valence-corrected chi connectivity index (χ4v) is 5.86. The lowest BCUT2D eigenvalue weighted by molar-refractivity contribution is -0.139. The van der Waals surface area contributed by atoms with Crippen LogP contribution in [0.4, 0.5) is 18.9 Å². The molecule has 1 atom stereocenters. The lowest BCUT2D eigenvalue weighted by atomic mass is 10.1. The van der Waals surface area contributed by atoms with Crippen LogP contribution >= 0.6 is 27.5 Å². The number of amides is 2. The van der Waals surface area contributed by atoms with Gasteiger partial charge in [-0.3, -0.25) is 13.9 Å². The van der Waals surface area contributed by atoms with Gasteiger partial charge < -0.3 is 10.2 Å². The maximum Gasteiger partial charge on any atom is 0.417 e. The fourth-order valence-electron chi connectivity index (χ4n) is 3.76. The molecule has 0 aliphatic rings. The molecule has 7 nitrogen and oxygen atoms in total. The zero-order chi connectivity index (χ0) is 29.0. The minimum Gasteiger partial charge on any atom is -0.357 e. The van der Waals surface area contributed by atoms with Gasteiger partial charge in [0.05, 0.1) is 21.2 Å². The van der Waals surface area contributed by atoms with Crippen molar-refractivity contribution in [1.82, 2.24) is 10.2 Å². The summed E-state index contributed by atoms with van der Waals surface area (Å²) in [5.41, 5.74) is -1.04. The van der Waals surface area contributed by atoms with Gasteiger partial charge in [0, 0.05) is 18.1 Å². The molecule has 2 amide bonds. The predicted octanol–water partition coefficient (Wildman–Crippen LogP) is 5.48. The SMILES string of the molecule is CNC(=O)[C@H](C)N(Cc1cccc(Br)c1)C(=O)CN(c1ccc(Cl)c(C(F)(F)F)c1)S(=O)(=O)c1ccccc1. The minimum absolute atomic E-state index is 0.0689. The van der Waals surface area contributed by atoms with Crippen molar-refractivity contribution in [3.63, 3.8) is 0 Å². The van der Waals surface area contributed by atoms with E-state index in [2.05, 4.69) is 21.2 Å². The number of nitrogens with zero attached hydrogens (tertiary/aromatic N) is 2. The van der Waals surface area contributed by atoms with Crippen LogP contribution in [-0.2, 0) is 32.3 Å². The van der Waals surface area contributed by atoms with E-state index in [1.54, 1.807) is 30.3 Å². The summed E-state index contributed by atoms with van der Waals surface area (Å²) in [5.74, 6) is -1.32. The lowest BCUT2D eigenvalue weighted by Gasteiger charge is -2.32. The first-order valence-corrected chi connectivity index (χ1v) is 14.1. The first kappa shape index (κ1) is 30.5. The molecule has 39 heavy (non-hydrogen) atoms. The molecule has 0 aliphatic heterocycles. The monoisotopic (exact) mass is 645 g/mol. The molecule has 0 spiro atoms. The van der Waals surface area contributed by atoms with Crippen LogP contribution in [0.15, 0.2) is 82.2 Å². The molecule has 3 aromatic rings. The number of carbonyl (C=O) groups excluding carboxylic acids is 2. The van der Waals surface area contributed by atoms with Gasteiger partial charge in [0.2, 0.25) is 11.8 Å². The van der Waals surface area contributed by atoms with Crippen LogP contribution in [0.5, 0.6) is 0 Å². The molecule has 0 aliphatic carbocycles. The number of benzene rings is 3. The highest BCUT2D eigenvalue weighted by molar-refractivity contribution is 9.10. The van der Waals surface area contributed by atoms with E-state index in [4.69, 9.17) is 11.6 Å². The van der Waals surface area contributed by atoms with Crippen molar-refractivity contribution >= 4 is 55.1 Å². The Hall–Kier alpha value is -3.09. The van der Waals surface area contributed by atoms with Crippen molar-refractivity contribution < 1.29 is 31.2 Å². The van der Waals surface area contributed by atoms with Crippen molar-refractivity contribution in [2.45, 2.75) is 30.6 Å². The Balaban J connectivity index is 2.11. The van der Waals surface area contributed by atoms with Crippen molar-refractivity contribution in [3.05, 3.63) is 93.4 Å². The summed E-state index contributed by atoms with van der Waals surface area (Å²) >= 11 is 9.10. The van der Waals surface area contributed by atoms with E-state index in [1.165, 1.54) is 38.2 Å². The maximum atomic E-state index is 13.7. The second kappa shape index (κ2) is 12.4. The van der Waals surface area contributed by atoms with Gasteiger partial charge >= 0.3 is 6.18 Å². The van der Waals surface area contributed by atoms with Crippen LogP contribution < -0.4 is 9.62 Å². The van der Waals surface area contributed by atoms with Crippen molar-refractivity contribution in [1.29, 1.82) is 0 Å². The number of alkyl halides is 3. The van der Waals surface area contributed by atoms with Crippen molar-refractivity contribution in [2.75, 3.05) is 17.9 Å². The van der Waals surface area contributed by atoms with E-state index >= 15 is 0 Å². The fraction of sp³-hybridized carbons (Fsp3) is 0.231. The number of hydrogen-bond donors (Lipinski definition) is 1. The third kappa shape index (κ3) is 7.31. The van der Waals surface area contributed by atoms with Gasteiger partial charge in [0.15, 0.2) is 0 Å². The Morgan fingerprint density at radius 3 is 2.28 bits per heavy atom. The van der Waals surface area contributed by atoms with Crippen LogP contribution in [-0.4, -0.2) is 44.8 Å². The summed E-state index contributed by atoms with van der Waals surface area (Å²) in [7, 11) is -3.13. The third-order valence-corrected chi connectivity index (χ3v) is 8.42. The third-order valence-electron chi connectivity index (χ3n) is 5.81. The summed E-state index contributed by atoms with van der Waals surface area (Å²) in [5, 5.41) is 1.83. The number of hydrogen-bond acceptors (Lipinski definition) is 4. The van der Waals surface area contributed by atoms with E-state index in [-0.39, 0.29) is 11.4 Å². The van der Waals surface area contributed by atoms with Crippen LogP contribution in [0.1, 0.15) is 18.1 Å². The van der Waals surface area contributed by atoms with E-state index in [0.717, 1.165) is 17.0 Å². The smallest absolute Gasteiger partial charge is 0.357 e. The molecule has 0 saturated heterocycles. The molecule has 0 heterocycles. The predicted molar refractivity (Wildman–Crippen MR) is 146 cm³/mol. The first-order chi connectivity index (χ1) is 18.3. The summed E-state index contributed by atoms with van der Waals surface area (Å²) in [6, 6.07) is 15.5. The highest BCUT2D eigenvalue weighted by Crippen LogP contribution is 2.38. The minimum atomic E-state index is -4.88. The van der Waals surface area contributed by atoms with Gasteiger partial charge in [-0.15, -0.1) is 0 Å².